The third-order valence-electron chi connectivity index (χ3n) is 3.56. The number of rotatable bonds is 2. The van der Waals surface area contributed by atoms with Crippen molar-refractivity contribution in [3.8, 4) is 17.3 Å². The fraction of sp³-hybridized carbons (Fsp3) is 0.294. The number of nitrogens with zero attached hydrogens (tertiary/aromatic N) is 2. The smallest absolute Gasteiger partial charge is 0.201 e. The minimum absolute atomic E-state index is 0.442. The molecule has 0 aliphatic heterocycles. The molecule has 0 fully saturated rings. The molecule has 1 aromatic heterocycles. The van der Waals surface area contributed by atoms with Gasteiger partial charge in [-0.3, -0.25) is 0 Å². The predicted molar refractivity (Wildman–Crippen MR) is 76.4 cm³/mol. The number of hydrogen-bond acceptors (Lipinski definition) is 1. The average molecular weight is 251 g/mol. The lowest BCUT2D eigenvalue weighted by atomic mass is 9.84. The first-order chi connectivity index (χ1) is 8.95. The molecule has 0 saturated heterocycles. The molecule has 2 heteroatoms. The summed E-state index contributed by atoms with van der Waals surface area (Å²) in [5.74, 6) is 0. The summed E-state index contributed by atoms with van der Waals surface area (Å²) in [5, 5.41) is 9.21. The average Bonchev–Trinajstić information content (AvgIpc) is 2.39. The van der Waals surface area contributed by atoms with Crippen LogP contribution >= 0.6 is 0 Å². The predicted octanol–water partition coefficient (Wildman–Crippen LogP) is 3.29. The van der Waals surface area contributed by atoms with Gasteiger partial charge in [0.25, 0.3) is 0 Å². The molecule has 1 aromatic carbocycles. The first-order valence-electron chi connectivity index (χ1n) is 6.43. The molecule has 19 heavy (non-hydrogen) atoms. The van der Waals surface area contributed by atoms with Crippen molar-refractivity contribution >= 4 is 0 Å². The van der Waals surface area contributed by atoms with Gasteiger partial charge in [-0.15, -0.1) is 0 Å². The highest BCUT2D eigenvalue weighted by molar-refractivity contribution is 5.62. The Morgan fingerprint density at radius 1 is 1.16 bits per heavy atom. The van der Waals surface area contributed by atoms with Gasteiger partial charge in [0.05, 0.1) is 11.5 Å². The first kappa shape index (κ1) is 13.3. The van der Waals surface area contributed by atoms with Crippen molar-refractivity contribution in [1.29, 1.82) is 5.26 Å². The SMILES string of the molecule is Cc1cc(C(C)(C)C#N)ccc1-c1cccc[n+]1C. The minimum atomic E-state index is -0.442. The summed E-state index contributed by atoms with van der Waals surface area (Å²) in [6.07, 6.45) is 2.04. The van der Waals surface area contributed by atoms with Gasteiger partial charge in [-0.2, -0.15) is 5.26 Å². The van der Waals surface area contributed by atoms with Crippen LogP contribution < -0.4 is 4.57 Å². The number of nitriles is 1. The van der Waals surface area contributed by atoms with E-state index >= 15 is 0 Å². The number of pyridine rings is 1. The van der Waals surface area contributed by atoms with Crippen molar-refractivity contribution in [2.75, 3.05) is 0 Å². The number of hydrogen-bond donors (Lipinski definition) is 0. The van der Waals surface area contributed by atoms with Gasteiger partial charge in [0.15, 0.2) is 6.20 Å². The highest BCUT2D eigenvalue weighted by atomic mass is 14.9. The van der Waals surface area contributed by atoms with Crippen molar-refractivity contribution < 1.29 is 4.57 Å². The van der Waals surface area contributed by atoms with Gasteiger partial charge in [-0.05, 0) is 44.0 Å². The normalized spacial score (nSPS) is 11.1. The summed E-state index contributed by atoms with van der Waals surface area (Å²) in [4.78, 5) is 0. The maximum Gasteiger partial charge on any atom is 0.212 e. The zero-order valence-electron chi connectivity index (χ0n) is 11.9. The molecule has 0 amide bonds. The molecule has 0 spiro atoms. The van der Waals surface area contributed by atoms with Crippen LogP contribution in [0, 0.1) is 18.3 Å². The molecule has 2 aromatic rings. The van der Waals surface area contributed by atoms with Gasteiger partial charge < -0.3 is 0 Å². The lowest BCUT2D eigenvalue weighted by molar-refractivity contribution is -0.660. The summed E-state index contributed by atoms with van der Waals surface area (Å²) in [7, 11) is 2.04. The highest BCUT2D eigenvalue weighted by Crippen LogP contribution is 2.27. The van der Waals surface area contributed by atoms with E-state index in [0.29, 0.717) is 0 Å². The molecule has 0 aliphatic carbocycles. The van der Waals surface area contributed by atoms with Crippen LogP contribution in [0.4, 0.5) is 0 Å². The molecular formula is C17H19N2+. The van der Waals surface area contributed by atoms with E-state index in [0.717, 1.165) is 5.56 Å². The van der Waals surface area contributed by atoms with E-state index in [4.69, 9.17) is 0 Å². The van der Waals surface area contributed by atoms with E-state index in [9.17, 15) is 5.26 Å². The summed E-state index contributed by atoms with van der Waals surface area (Å²) < 4.78 is 2.11. The van der Waals surface area contributed by atoms with E-state index in [1.54, 1.807) is 0 Å². The summed E-state index contributed by atoms with van der Waals surface area (Å²) in [5.41, 5.74) is 4.21. The van der Waals surface area contributed by atoms with Gasteiger partial charge >= 0.3 is 0 Å². The number of aryl methyl sites for hydroxylation is 2. The summed E-state index contributed by atoms with van der Waals surface area (Å²) in [6.45, 7) is 5.99. The topological polar surface area (TPSA) is 27.7 Å². The van der Waals surface area contributed by atoms with Crippen LogP contribution in [0.1, 0.15) is 25.0 Å². The van der Waals surface area contributed by atoms with Gasteiger partial charge in [0.2, 0.25) is 5.69 Å². The van der Waals surface area contributed by atoms with E-state index < -0.39 is 5.41 Å². The van der Waals surface area contributed by atoms with Crippen molar-refractivity contribution in [2.24, 2.45) is 7.05 Å². The maximum atomic E-state index is 9.21. The standard InChI is InChI=1S/C17H19N2/c1-13-11-14(17(2,3)12-18)8-9-15(13)16-7-5-6-10-19(16)4/h5-11H,1-4H3/q+1. The Kier molecular flexibility index (Phi) is 3.40. The van der Waals surface area contributed by atoms with Crippen molar-refractivity contribution in [3.63, 3.8) is 0 Å². The molecule has 0 aliphatic rings. The number of benzene rings is 1. The van der Waals surface area contributed by atoms with Crippen LogP contribution in [0.3, 0.4) is 0 Å². The summed E-state index contributed by atoms with van der Waals surface area (Å²) >= 11 is 0. The van der Waals surface area contributed by atoms with Crippen LogP contribution in [-0.4, -0.2) is 0 Å². The Bertz CT molecular complexity index is 649. The fourth-order valence-corrected chi connectivity index (χ4v) is 2.21. The second-order valence-electron chi connectivity index (χ2n) is 5.46. The number of aromatic nitrogens is 1. The molecule has 0 unspecified atom stereocenters. The molecule has 96 valence electrons. The maximum absolute atomic E-state index is 9.21. The molecule has 0 bridgehead atoms. The molecular weight excluding hydrogens is 232 g/mol. The van der Waals surface area contributed by atoms with Crippen LogP contribution in [0.15, 0.2) is 42.6 Å². The Balaban J connectivity index is 2.53. The zero-order valence-corrected chi connectivity index (χ0v) is 11.9. The monoisotopic (exact) mass is 251 g/mol. The van der Waals surface area contributed by atoms with Crippen LogP contribution in [0.25, 0.3) is 11.3 Å². The lowest BCUT2D eigenvalue weighted by Crippen LogP contribution is -2.30. The highest BCUT2D eigenvalue weighted by Gasteiger charge is 2.21. The fourth-order valence-electron chi connectivity index (χ4n) is 2.21. The lowest BCUT2D eigenvalue weighted by Gasteiger charge is -2.17. The van der Waals surface area contributed by atoms with Crippen LogP contribution in [-0.2, 0) is 12.5 Å². The third-order valence-corrected chi connectivity index (χ3v) is 3.56. The Labute approximate surface area is 115 Å². The van der Waals surface area contributed by atoms with Crippen molar-refractivity contribution in [2.45, 2.75) is 26.2 Å². The van der Waals surface area contributed by atoms with E-state index in [1.807, 2.05) is 39.2 Å². The van der Waals surface area contributed by atoms with Crippen molar-refractivity contribution in [1.82, 2.24) is 0 Å². The van der Waals surface area contributed by atoms with Gasteiger partial charge in [0, 0.05) is 17.7 Å². The van der Waals surface area contributed by atoms with Crippen LogP contribution in [0.2, 0.25) is 0 Å². The Hall–Kier alpha value is -2.14. The van der Waals surface area contributed by atoms with E-state index in [1.165, 1.54) is 16.8 Å². The largest absolute Gasteiger partial charge is 0.212 e. The first-order valence-corrected chi connectivity index (χ1v) is 6.43. The third kappa shape index (κ3) is 2.51. The second-order valence-corrected chi connectivity index (χ2v) is 5.46. The zero-order chi connectivity index (χ0) is 14.0. The molecule has 0 radical (unpaired) electrons. The minimum Gasteiger partial charge on any atom is -0.201 e. The van der Waals surface area contributed by atoms with Crippen LogP contribution in [0.5, 0.6) is 0 Å². The van der Waals surface area contributed by atoms with E-state index in [2.05, 4.69) is 41.8 Å². The Morgan fingerprint density at radius 3 is 2.47 bits per heavy atom. The van der Waals surface area contributed by atoms with Crippen molar-refractivity contribution in [3.05, 3.63) is 53.7 Å². The second kappa shape index (κ2) is 4.85. The Morgan fingerprint density at radius 2 is 1.89 bits per heavy atom. The molecule has 0 N–H and O–H groups in total. The van der Waals surface area contributed by atoms with Gasteiger partial charge in [0.1, 0.15) is 7.05 Å². The quantitative estimate of drug-likeness (QED) is 0.753. The molecule has 2 rings (SSSR count). The van der Waals surface area contributed by atoms with Gasteiger partial charge in [-0.25, -0.2) is 4.57 Å². The van der Waals surface area contributed by atoms with E-state index in [-0.39, 0.29) is 0 Å². The molecule has 0 atom stereocenters. The molecule has 1 heterocycles. The van der Waals surface area contributed by atoms with Gasteiger partial charge in [-0.1, -0.05) is 12.1 Å². The molecule has 0 saturated carbocycles. The summed E-state index contributed by atoms with van der Waals surface area (Å²) in [6, 6.07) is 14.8. The molecule has 2 nitrogen and oxygen atoms in total.